The molecule has 0 spiro atoms. The van der Waals surface area contributed by atoms with Crippen molar-refractivity contribution >= 4 is 79.3 Å². The fourth-order valence-electron chi connectivity index (χ4n) is 10.8. The highest BCUT2D eigenvalue weighted by molar-refractivity contribution is 7.22. The molecule has 1 saturated carbocycles. The molecule has 4 aromatic carbocycles. The van der Waals surface area contributed by atoms with E-state index in [0.29, 0.717) is 51.4 Å². The summed E-state index contributed by atoms with van der Waals surface area (Å²) in [5.74, 6) is -4.52. The highest BCUT2D eigenvalue weighted by Gasteiger charge is 2.68. The Kier molecular flexibility index (Phi) is 8.87. The molecule has 5 heterocycles. The predicted molar refractivity (Wildman–Crippen MR) is 240 cm³/mol. The number of oxazole rings is 1. The van der Waals surface area contributed by atoms with Crippen LogP contribution >= 0.6 is 22.9 Å². The highest BCUT2D eigenvalue weighted by Crippen LogP contribution is 2.65. The van der Waals surface area contributed by atoms with Crippen LogP contribution in [0.3, 0.4) is 0 Å². The van der Waals surface area contributed by atoms with Crippen LogP contribution in [0.2, 0.25) is 5.02 Å². The first-order valence-corrected chi connectivity index (χ1v) is 22.2. The van der Waals surface area contributed by atoms with Crippen LogP contribution in [-0.2, 0) is 26.2 Å². The lowest BCUT2D eigenvalue weighted by atomic mass is 9.51. The summed E-state index contributed by atoms with van der Waals surface area (Å²) in [6.07, 6.45) is 2.37. The number of nitrogens with zero attached hydrogens (tertiary/aromatic N) is 5. The summed E-state index contributed by atoms with van der Waals surface area (Å²) >= 11 is 7.91. The third kappa shape index (κ3) is 5.64. The zero-order valence-electron chi connectivity index (χ0n) is 34.7. The smallest absolute Gasteiger partial charge is 0.242 e. The average Bonchev–Trinajstić information content (AvgIpc) is 4.06. The van der Waals surface area contributed by atoms with E-state index in [0.717, 1.165) is 31.6 Å². The number of rotatable bonds is 7. The standard InChI is InChI=1S/C49H40ClN5O7S/c1-5-61-37-12-8-9-30(42(37)56)41-28-18-19-29-40(47(59)54(45(29)57)27-16-13-25(14-17-27)44-51-34-10-6-7-11-36(34)62-44)32(28)22-33-46(58)55(48(60)49(33,41)3)39-23-35(52-53(39)4)43-24(2)31-21-26(50)15-20-38(31)63-43/h6-18,20-21,23,29,32-33,40-41,56H,5,19,22H2,1-4H3. The van der Waals surface area contributed by atoms with Gasteiger partial charge in [-0.2, -0.15) is 5.10 Å². The van der Waals surface area contributed by atoms with Gasteiger partial charge in [0.2, 0.25) is 29.5 Å². The van der Waals surface area contributed by atoms with Crippen molar-refractivity contribution in [2.45, 2.75) is 39.5 Å². The molecule has 2 saturated heterocycles. The van der Waals surface area contributed by atoms with Gasteiger partial charge in [0.05, 0.1) is 40.3 Å². The topological polar surface area (TPSA) is 148 Å². The molecule has 2 aliphatic carbocycles. The quantitative estimate of drug-likeness (QED) is 0.122. The summed E-state index contributed by atoms with van der Waals surface area (Å²) in [7, 11) is 1.71. The van der Waals surface area contributed by atoms with Crippen LogP contribution in [0.25, 0.3) is 43.2 Å². The monoisotopic (exact) mass is 877 g/mol. The van der Waals surface area contributed by atoms with E-state index in [-0.39, 0.29) is 36.2 Å². The van der Waals surface area contributed by atoms with E-state index in [1.54, 1.807) is 78.5 Å². The number of para-hydroxylation sites is 3. The number of phenolic OH excluding ortho intramolecular Hbond substituents is 1. The first kappa shape index (κ1) is 39.3. The van der Waals surface area contributed by atoms with Crippen LogP contribution in [0.15, 0.2) is 107 Å². The van der Waals surface area contributed by atoms with Crippen LogP contribution in [0.5, 0.6) is 11.5 Å². The number of thiophene rings is 1. The zero-order chi connectivity index (χ0) is 43.6. The molecule has 6 atom stereocenters. The largest absolute Gasteiger partial charge is 0.504 e. The van der Waals surface area contributed by atoms with Gasteiger partial charge in [0.25, 0.3) is 0 Å². The number of carbonyl (C=O) groups is 4. The van der Waals surface area contributed by atoms with Gasteiger partial charge in [-0.25, -0.2) is 9.88 Å². The maximum absolute atomic E-state index is 15.3. The molecule has 4 aliphatic rings. The van der Waals surface area contributed by atoms with Crippen molar-refractivity contribution in [1.29, 1.82) is 0 Å². The summed E-state index contributed by atoms with van der Waals surface area (Å²) in [5.41, 5.74) is 3.85. The van der Waals surface area contributed by atoms with E-state index in [1.807, 2.05) is 62.4 Å². The number of amides is 4. The molecule has 6 unspecified atom stereocenters. The SMILES string of the molecule is CCOc1cccc(C2C3=CCC4C(=O)N(c5ccc(-c6nc7ccccc7o6)cc5)C(=O)C4C3CC3C(=O)N(c4cc(-c5sc6ccc(Cl)cc6c5C)nn4C)C(=O)C32C)c1O. The van der Waals surface area contributed by atoms with Crippen molar-refractivity contribution in [2.75, 3.05) is 16.4 Å². The number of benzene rings is 4. The molecule has 316 valence electrons. The molecule has 2 aliphatic heterocycles. The van der Waals surface area contributed by atoms with Gasteiger partial charge >= 0.3 is 0 Å². The highest BCUT2D eigenvalue weighted by atomic mass is 35.5. The number of aromatic hydroxyl groups is 1. The molecule has 0 bridgehead atoms. The Morgan fingerprint density at radius 3 is 2.51 bits per heavy atom. The van der Waals surface area contributed by atoms with Crippen LogP contribution in [0.1, 0.15) is 43.7 Å². The number of ether oxygens (including phenoxy) is 1. The predicted octanol–water partition coefficient (Wildman–Crippen LogP) is 9.61. The van der Waals surface area contributed by atoms with Gasteiger partial charge in [-0.1, -0.05) is 47.5 Å². The number of phenols is 1. The number of imide groups is 2. The third-order valence-corrected chi connectivity index (χ3v) is 15.3. The third-order valence-electron chi connectivity index (χ3n) is 13.8. The molecule has 3 fully saturated rings. The van der Waals surface area contributed by atoms with Gasteiger partial charge in [0.15, 0.2) is 17.1 Å². The first-order valence-electron chi connectivity index (χ1n) is 21.0. The van der Waals surface area contributed by atoms with E-state index < -0.39 is 46.8 Å². The lowest BCUT2D eigenvalue weighted by Gasteiger charge is -2.49. The summed E-state index contributed by atoms with van der Waals surface area (Å²) in [6.45, 7) is 5.90. The maximum Gasteiger partial charge on any atom is 0.242 e. The first-order chi connectivity index (χ1) is 30.4. The van der Waals surface area contributed by atoms with Crippen LogP contribution < -0.4 is 14.5 Å². The minimum absolute atomic E-state index is 0.135. The van der Waals surface area contributed by atoms with Crippen LogP contribution in [0, 0.1) is 36.0 Å². The minimum Gasteiger partial charge on any atom is -0.504 e. The van der Waals surface area contributed by atoms with Crippen molar-refractivity contribution in [3.8, 4) is 33.5 Å². The summed E-state index contributed by atoms with van der Waals surface area (Å²) in [4.78, 5) is 67.6. The number of allylic oxidation sites excluding steroid dienone is 2. The second kappa shape index (κ2) is 14.2. The van der Waals surface area contributed by atoms with E-state index in [4.69, 9.17) is 25.9 Å². The van der Waals surface area contributed by atoms with Crippen LogP contribution in [0.4, 0.5) is 11.5 Å². The maximum atomic E-state index is 15.3. The molecule has 4 amide bonds. The summed E-state index contributed by atoms with van der Waals surface area (Å²) in [5, 5.41) is 18.4. The van der Waals surface area contributed by atoms with E-state index >= 15 is 9.59 Å². The van der Waals surface area contributed by atoms with E-state index in [9.17, 15) is 14.7 Å². The van der Waals surface area contributed by atoms with E-state index in [2.05, 4.69) is 4.98 Å². The number of aromatic nitrogens is 3. The number of fused-ring (bicyclic) bond motifs is 6. The lowest BCUT2D eigenvalue weighted by molar-refractivity contribution is -0.131. The second-order valence-electron chi connectivity index (χ2n) is 17.0. The number of aryl methyl sites for hydroxylation is 2. The fraction of sp³-hybridized carbons (Fsp3) is 0.265. The van der Waals surface area contributed by atoms with Crippen molar-refractivity contribution < 1.29 is 33.4 Å². The Bertz CT molecular complexity index is 3120. The van der Waals surface area contributed by atoms with Crippen molar-refractivity contribution in [3.63, 3.8) is 0 Å². The zero-order valence-corrected chi connectivity index (χ0v) is 36.2. The van der Waals surface area contributed by atoms with Crippen molar-refractivity contribution in [2.24, 2.45) is 36.1 Å². The normalized spacial score (nSPS) is 24.3. The van der Waals surface area contributed by atoms with Crippen molar-refractivity contribution in [3.05, 3.63) is 119 Å². The summed E-state index contributed by atoms with van der Waals surface area (Å²) in [6, 6.07) is 27.1. The number of carbonyl (C=O) groups excluding carboxylic acids is 4. The minimum atomic E-state index is -1.39. The van der Waals surface area contributed by atoms with Gasteiger partial charge < -0.3 is 14.3 Å². The van der Waals surface area contributed by atoms with E-state index in [1.165, 1.54) is 9.80 Å². The fourth-order valence-corrected chi connectivity index (χ4v) is 12.2. The molecular weight excluding hydrogens is 838 g/mol. The number of hydrogen-bond donors (Lipinski definition) is 1. The van der Waals surface area contributed by atoms with Gasteiger partial charge in [0, 0.05) is 39.9 Å². The van der Waals surface area contributed by atoms with Gasteiger partial charge in [-0.05, 0) is 111 Å². The van der Waals surface area contributed by atoms with Gasteiger partial charge in [-0.3, -0.25) is 28.8 Å². The van der Waals surface area contributed by atoms with Crippen molar-refractivity contribution in [1.82, 2.24) is 14.8 Å². The Morgan fingerprint density at radius 1 is 0.937 bits per heavy atom. The Balaban J connectivity index is 0.980. The number of hydrogen-bond acceptors (Lipinski definition) is 10. The summed E-state index contributed by atoms with van der Waals surface area (Å²) < 4.78 is 14.4. The number of anilines is 2. The Morgan fingerprint density at radius 2 is 1.73 bits per heavy atom. The average molecular weight is 878 g/mol. The molecule has 7 aromatic rings. The molecule has 14 heteroatoms. The molecular formula is C49H40ClN5O7S. The van der Waals surface area contributed by atoms with Gasteiger partial charge in [-0.15, -0.1) is 11.3 Å². The molecule has 11 rings (SSSR count). The van der Waals surface area contributed by atoms with Crippen LogP contribution in [-0.4, -0.2) is 50.1 Å². The number of halogens is 1. The van der Waals surface area contributed by atoms with Gasteiger partial charge in [0.1, 0.15) is 17.0 Å². The molecule has 12 nitrogen and oxygen atoms in total. The molecule has 1 N–H and O–H groups in total. The molecule has 3 aromatic heterocycles. The Labute approximate surface area is 370 Å². The molecule has 63 heavy (non-hydrogen) atoms. The second-order valence-corrected chi connectivity index (χ2v) is 18.5. The lowest BCUT2D eigenvalue weighted by Crippen LogP contribution is -2.49. The Hall–Kier alpha value is -6.57. The molecule has 0 radical (unpaired) electrons.